The molecule has 0 bridgehead atoms. The van der Waals surface area contributed by atoms with E-state index in [1.54, 1.807) is 0 Å². The molecule has 1 saturated heterocycles. The highest BCUT2D eigenvalue weighted by Crippen LogP contribution is 2.15. The van der Waals surface area contributed by atoms with Crippen LogP contribution in [0.2, 0.25) is 0 Å². The number of rotatable bonds is 3. The molecular formula is C15H25Cl2N3O. The molecule has 6 heteroatoms. The molecule has 1 aliphatic rings. The average molecular weight is 334 g/mol. The maximum Gasteiger partial charge on any atom is 0.227 e. The van der Waals surface area contributed by atoms with Crippen LogP contribution in [0, 0.1) is 0 Å². The molecule has 1 unspecified atom stereocenters. The van der Waals surface area contributed by atoms with Crippen LogP contribution in [0.4, 0.5) is 5.69 Å². The molecule has 1 aromatic rings. The molecule has 2 rings (SSSR count). The first-order chi connectivity index (χ1) is 9.06. The zero-order valence-electron chi connectivity index (χ0n) is 12.6. The van der Waals surface area contributed by atoms with Crippen molar-refractivity contribution in [3.05, 3.63) is 29.8 Å². The Kier molecular flexibility index (Phi) is 8.71. The zero-order chi connectivity index (χ0) is 13.8. The van der Waals surface area contributed by atoms with E-state index in [1.807, 2.05) is 29.2 Å². The minimum absolute atomic E-state index is 0. The van der Waals surface area contributed by atoms with Crippen molar-refractivity contribution in [3.63, 3.8) is 0 Å². The van der Waals surface area contributed by atoms with Crippen LogP contribution < -0.4 is 5.73 Å². The molecule has 1 fully saturated rings. The van der Waals surface area contributed by atoms with Crippen LogP contribution in [0.5, 0.6) is 0 Å². The molecule has 0 radical (unpaired) electrons. The summed E-state index contributed by atoms with van der Waals surface area (Å²) in [6, 6.07) is 8.05. The smallest absolute Gasteiger partial charge is 0.227 e. The second-order valence-corrected chi connectivity index (χ2v) is 5.52. The molecule has 0 aromatic heterocycles. The van der Waals surface area contributed by atoms with E-state index >= 15 is 0 Å². The number of carbonyl (C=O) groups excluding carboxylic acids is 1. The highest BCUT2D eigenvalue weighted by Gasteiger charge is 2.24. The lowest BCUT2D eigenvalue weighted by atomic mass is 10.0. The van der Waals surface area contributed by atoms with Gasteiger partial charge in [0.15, 0.2) is 0 Å². The second-order valence-electron chi connectivity index (χ2n) is 5.52. The summed E-state index contributed by atoms with van der Waals surface area (Å²) in [4.78, 5) is 16.5. The molecule has 2 N–H and O–H groups in total. The number of anilines is 1. The minimum atomic E-state index is 0. The van der Waals surface area contributed by atoms with E-state index in [0.717, 1.165) is 30.8 Å². The van der Waals surface area contributed by atoms with Crippen molar-refractivity contribution in [2.45, 2.75) is 25.3 Å². The van der Waals surface area contributed by atoms with E-state index in [4.69, 9.17) is 5.73 Å². The predicted octanol–water partition coefficient (Wildman–Crippen LogP) is 2.21. The van der Waals surface area contributed by atoms with Gasteiger partial charge in [0.25, 0.3) is 0 Å². The summed E-state index contributed by atoms with van der Waals surface area (Å²) in [5, 5.41) is 0. The van der Waals surface area contributed by atoms with E-state index in [2.05, 4.69) is 19.0 Å². The van der Waals surface area contributed by atoms with Gasteiger partial charge in [0.05, 0.1) is 6.42 Å². The molecule has 0 aliphatic carbocycles. The van der Waals surface area contributed by atoms with Crippen LogP contribution in [0.25, 0.3) is 0 Å². The Morgan fingerprint density at radius 3 is 2.48 bits per heavy atom. The van der Waals surface area contributed by atoms with Gasteiger partial charge in [0.1, 0.15) is 0 Å². The molecule has 4 nitrogen and oxygen atoms in total. The van der Waals surface area contributed by atoms with Crippen molar-refractivity contribution in [3.8, 4) is 0 Å². The van der Waals surface area contributed by atoms with Gasteiger partial charge in [0.2, 0.25) is 5.91 Å². The number of hydrogen-bond donors (Lipinski definition) is 1. The quantitative estimate of drug-likeness (QED) is 0.863. The standard InChI is InChI=1S/C15H23N3O.2ClH/c1-17(2)14-4-3-9-18(11-14)15(19)10-12-5-7-13(16)8-6-12;;/h5-8,14H,3-4,9-11,16H2,1-2H3;2*1H. The Labute approximate surface area is 139 Å². The van der Waals surface area contributed by atoms with Gasteiger partial charge >= 0.3 is 0 Å². The molecule has 120 valence electrons. The maximum atomic E-state index is 12.3. The largest absolute Gasteiger partial charge is 0.399 e. The SMILES string of the molecule is CN(C)C1CCCN(C(=O)Cc2ccc(N)cc2)C1.Cl.Cl. The Morgan fingerprint density at radius 2 is 1.90 bits per heavy atom. The summed E-state index contributed by atoms with van der Waals surface area (Å²) in [5.41, 5.74) is 7.42. The number of piperidine rings is 1. The van der Waals surface area contributed by atoms with E-state index in [1.165, 1.54) is 6.42 Å². The number of likely N-dealkylation sites (tertiary alicyclic amines) is 1. The van der Waals surface area contributed by atoms with Crippen LogP contribution in [-0.2, 0) is 11.2 Å². The van der Waals surface area contributed by atoms with Crippen LogP contribution in [0.15, 0.2) is 24.3 Å². The van der Waals surface area contributed by atoms with Crippen LogP contribution >= 0.6 is 24.8 Å². The lowest BCUT2D eigenvalue weighted by molar-refractivity contribution is -0.132. The maximum absolute atomic E-state index is 12.3. The lowest BCUT2D eigenvalue weighted by Crippen LogP contribution is -2.47. The molecule has 1 atom stereocenters. The second kappa shape index (κ2) is 9.13. The van der Waals surface area contributed by atoms with Crippen molar-refractivity contribution in [1.82, 2.24) is 9.80 Å². The number of likely N-dealkylation sites (N-methyl/N-ethyl adjacent to an activating group) is 1. The Hall–Kier alpha value is -0.970. The first-order valence-corrected chi connectivity index (χ1v) is 6.85. The van der Waals surface area contributed by atoms with Gasteiger partial charge < -0.3 is 15.5 Å². The molecule has 0 saturated carbocycles. The third-order valence-corrected chi connectivity index (χ3v) is 3.81. The van der Waals surface area contributed by atoms with Gasteiger partial charge in [-0.1, -0.05) is 12.1 Å². The van der Waals surface area contributed by atoms with Crippen LogP contribution in [0.1, 0.15) is 18.4 Å². The Bertz CT molecular complexity index is 437. The topological polar surface area (TPSA) is 49.6 Å². The predicted molar refractivity (Wildman–Crippen MR) is 92.3 cm³/mol. The van der Waals surface area contributed by atoms with Crippen molar-refractivity contribution in [1.29, 1.82) is 0 Å². The molecule has 1 aromatic carbocycles. The fourth-order valence-corrected chi connectivity index (χ4v) is 2.52. The monoisotopic (exact) mass is 333 g/mol. The molecular weight excluding hydrogens is 309 g/mol. The first-order valence-electron chi connectivity index (χ1n) is 6.85. The molecule has 21 heavy (non-hydrogen) atoms. The van der Waals surface area contributed by atoms with Crippen molar-refractivity contribution < 1.29 is 4.79 Å². The lowest BCUT2D eigenvalue weighted by Gasteiger charge is -2.36. The summed E-state index contributed by atoms with van der Waals surface area (Å²) in [7, 11) is 4.16. The number of hydrogen-bond acceptors (Lipinski definition) is 3. The number of nitrogen functional groups attached to an aromatic ring is 1. The summed E-state index contributed by atoms with van der Waals surface area (Å²) < 4.78 is 0. The molecule has 1 heterocycles. The first kappa shape index (κ1) is 20.0. The number of halogens is 2. The number of nitrogens with zero attached hydrogens (tertiary/aromatic N) is 2. The highest BCUT2D eigenvalue weighted by atomic mass is 35.5. The Morgan fingerprint density at radius 1 is 1.29 bits per heavy atom. The summed E-state index contributed by atoms with van der Waals surface area (Å²) >= 11 is 0. The van der Waals surface area contributed by atoms with E-state index in [0.29, 0.717) is 12.5 Å². The summed E-state index contributed by atoms with van der Waals surface area (Å²) in [6.45, 7) is 1.74. The van der Waals surface area contributed by atoms with E-state index < -0.39 is 0 Å². The number of amides is 1. The van der Waals surface area contributed by atoms with Crippen LogP contribution in [-0.4, -0.2) is 48.9 Å². The third-order valence-electron chi connectivity index (χ3n) is 3.81. The number of benzene rings is 1. The van der Waals surface area contributed by atoms with Gasteiger partial charge in [-0.15, -0.1) is 24.8 Å². The molecule has 1 aliphatic heterocycles. The zero-order valence-corrected chi connectivity index (χ0v) is 14.3. The van der Waals surface area contributed by atoms with Gasteiger partial charge in [-0.05, 0) is 44.6 Å². The summed E-state index contributed by atoms with van der Waals surface area (Å²) in [6.07, 6.45) is 2.75. The van der Waals surface area contributed by atoms with Gasteiger partial charge in [0, 0.05) is 24.8 Å². The van der Waals surface area contributed by atoms with Gasteiger partial charge in [-0.3, -0.25) is 4.79 Å². The third kappa shape index (κ3) is 5.73. The van der Waals surface area contributed by atoms with Crippen LogP contribution in [0.3, 0.4) is 0 Å². The highest BCUT2D eigenvalue weighted by molar-refractivity contribution is 5.85. The van der Waals surface area contributed by atoms with E-state index in [9.17, 15) is 4.79 Å². The van der Waals surface area contributed by atoms with Crippen molar-refractivity contribution in [2.24, 2.45) is 0 Å². The van der Waals surface area contributed by atoms with Gasteiger partial charge in [-0.2, -0.15) is 0 Å². The average Bonchev–Trinajstić information content (AvgIpc) is 2.41. The molecule has 0 spiro atoms. The Balaban J connectivity index is 0.00000200. The summed E-state index contributed by atoms with van der Waals surface area (Å²) in [5.74, 6) is 0.219. The molecule has 1 amide bonds. The normalized spacial score (nSPS) is 17.9. The van der Waals surface area contributed by atoms with Crippen molar-refractivity contribution >= 4 is 36.4 Å². The van der Waals surface area contributed by atoms with Crippen molar-refractivity contribution in [2.75, 3.05) is 32.9 Å². The van der Waals surface area contributed by atoms with Gasteiger partial charge in [-0.25, -0.2) is 0 Å². The fraction of sp³-hybridized carbons (Fsp3) is 0.533. The number of nitrogens with two attached hydrogens (primary N) is 1. The van der Waals surface area contributed by atoms with E-state index in [-0.39, 0.29) is 30.7 Å². The fourth-order valence-electron chi connectivity index (χ4n) is 2.52. The number of carbonyl (C=O) groups is 1. The minimum Gasteiger partial charge on any atom is -0.399 e.